The molecule has 29 heavy (non-hydrogen) atoms. The van der Waals surface area contributed by atoms with Gasteiger partial charge in [0.25, 0.3) is 0 Å². The predicted octanol–water partition coefficient (Wildman–Crippen LogP) is 5.72. The molecule has 4 rings (SSSR count). The molecule has 3 aromatic carbocycles. The third-order valence-corrected chi connectivity index (χ3v) is 5.43. The zero-order valence-electron chi connectivity index (χ0n) is 16.0. The number of rotatable bonds is 4. The Morgan fingerprint density at radius 1 is 1.00 bits per heavy atom. The summed E-state index contributed by atoms with van der Waals surface area (Å²) in [5, 5.41) is 17.7. The molecule has 0 radical (unpaired) electrons. The van der Waals surface area contributed by atoms with Gasteiger partial charge in [0.1, 0.15) is 17.7 Å². The molecule has 0 saturated carbocycles. The molecule has 3 aromatic rings. The van der Waals surface area contributed by atoms with Gasteiger partial charge in [-0.15, -0.1) is 0 Å². The van der Waals surface area contributed by atoms with E-state index in [9.17, 15) is 9.50 Å². The highest BCUT2D eigenvalue weighted by Crippen LogP contribution is 2.35. The van der Waals surface area contributed by atoms with Crippen LogP contribution >= 0.6 is 11.6 Å². The summed E-state index contributed by atoms with van der Waals surface area (Å²) < 4.78 is 14.5. The number of halogens is 2. The Labute approximate surface area is 174 Å². The number of hydrogen-bond acceptors (Lipinski definition) is 3. The van der Waals surface area contributed by atoms with Gasteiger partial charge < -0.3 is 10.4 Å². The molecular formula is C24H22ClFN2O. The highest BCUT2D eigenvalue weighted by molar-refractivity contribution is 6.30. The van der Waals surface area contributed by atoms with Crippen LogP contribution in [0.25, 0.3) is 5.70 Å². The van der Waals surface area contributed by atoms with Crippen LogP contribution in [0.15, 0.2) is 72.8 Å². The maximum atomic E-state index is 14.5. The number of hydrogen-bond donors (Lipinski definition) is 3. The summed E-state index contributed by atoms with van der Waals surface area (Å²) in [4.78, 5) is 0. The van der Waals surface area contributed by atoms with E-state index in [4.69, 9.17) is 11.6 Å². The maximum absolute atomic E-state index is 14.5. The first-order chi connectivity index (χ1) is 14.0. The molecule has 0 aromatic heterocycles. The first kappa shape index (κ1) is 19.5. The second-order valence-corrected chi connectivity index (χ2v) is 7.51. The fraction of sp³-hybridized carbons (Fsp3) is 0.167. The van der Waals surface area contributed by atoms with E-state index in [1.807, 2.05) is 12.1 Å². The van der Waals surface area contributed by atoms with E-state index in [2.05, 4.69) is 41.8 Å². The molecular weight excluding hydrogens is 387 g/mol. The van der Waals surface area contributed by atoms with Crippen molar-refractivity contribution in [2.24, 2.45) is 0 Å². The topological polar surface area (TPSA) is 44.3 Å². The van der Waals surface area contributed by atoms with Crippen LogP contribution in [0, 0.1) is 5.82 Å². The SMILES string of the molecule is CCc1ccc(C2=CC(c3cc(Cl)ccc3O)NC(c3ccccc3F)N2)cc1. The Bertz CT molecular complexity index is 1050. The molecule has 1 aliphatic heterocycles. The summed E-state index contributed by atoms with van der Waals surface area (Å²) in [6.45, 7) is 2.11. The van der Waals surface area contributed by atoms with E-state index < -0.39 is 6.17 Å². The van der Waals surface area contributed by atoms with E-state index in [1.54, 1.807) is 30.3 Å². The van der Waals surface area contributed by atoms with Crippen LogP contribution in [0.1, 0.15) is 41.4 Å². The highest BCUT2D eigenvalue weighted by atomic mass is 35.5. The maximum Gasteiger partial charge on any atom is 0.129 e. The van der Waals surface area contributed by atoms with Crippen LogP contribution in [0.3, 0.4) is 0 Å². The van der Waals surface area contributed by atoms with Crippen LogP contribution in [0.4, 0.5) is 4.39 Å². The average molecular weight is 409 g/mol. The number of phenols is 1. The minimum absolute atomic E-state index is 0.137. The Balaban J connectivity index is 1.78. The molecule has 2 unspecified atom stereocenters. The first-order valence-corrected chi connectivity index (χ1v) is 9.99. The van der Waals surface area contributed by atoms with Gasteiger partial charge >= 0.3 is 0 Å². The molecule has 2 atom stereocenters. The molecule has 5 heteroatoms. The molecule has 0 spiro atoms. The number of benzene rings is 3. The van der Waals surface area contributed by atoms with E-state index in [-0.39, 0.29) is 17.6 Å². The number of phenolic OH excluding ortho intramolecular Hbond substituents is 1. The van der Waals surface area contributed by atoms with Crippen molar-refractivity contribution in [3.63, 3.8) is 0 Å². The molecule has 0 aliphatic carbocycles. The van der Waals surface area contributed by atoms with Gasteiger partial charge in [-0.25, -0.2) is 4.39 Å². The summed E-state index contributed by atoms with van der Waals surface area (Å²) in [5.74, 6) is -0.160. The minimum atomic E-state index is -0.467. The van der Waals surface area contributed by atoms with Gasteiger partial charge in [0.05, 0.1) is 6.04 Å². The van der Waals surface area contributed by atoms with Gasteiger partial charge in [-0.05, 0) is 47.9 Å². The molecule has 0 bridgehead atoms. The van der Waals surface area contributed by atoms with Gasteiger partial charge in [0.15, 0.2) is 0 Å². The van der Waals surface area contributed by atoms with E-state index in [0.717, 1.165) is 17.7 Å². The van der Waals surface area contributed by atoms with Crippen LogP contribution in [0.5, 0.6) is 5.75 Å². The predicted molar refractivity (Wildman–Crippen MR) is 115 cm³/mol. The molecule has 0 saturated heterocycles. The number of aromatic hydroxyl groups is 1. The zero-order valence-corrected chi connectivity index (χ0v) is 16.7. The summed E-state index contributed by atoms with van der Waals surface area (Å²) >= 11 is 6.17. The monoisotopic (exact) mass is 408 g/mol. The Kier molecular flexibility index (Phi) is 5.56. The Morgan fingerprint density at radius 2 is 1.76 bits per heavy atom. The van der Waals surface area contributed by atoms with Gasteiger partial charge in [-0.1, -0.05) is 61.0 Å². The summed E-state index contributed by atoms with van der Waals surface area (Å²) in [5.41, 5.74) is 4.26. The fourth-order valence-electron chi connectivity index (χ4n) is 3.57. The van der Waals surface area contributed by atoms with E-state index in [1.165, 1.54) is 11.6 Å². The van der Waals surface area contributed by atoms with Gasteiger partial charge in [-0.3, -0.25) is 5.32 Å². The lowest BCUT2D eigenvalue weighted by Gasteiger charge is -2.33. The summed E-state index contributed by atoms with van der Waals surface area (Å²) in [6.07, 6.45) is 2.49. The Hall–Kier alpha value is -2.82. The third kappa shape index (κ3) is 4.14. The minimum Gasteiger partial charge on any atom is -0.508 e. The van der Waals surface area contributed by atoms with Crippen LogP contribution in [-0.2, 0) is 6.42 Å². The molecule has 0 amide bonds. The molecule has 3 nitrogen and oxygen atoms in total. The van der Waals surface area contributed by atoms with Crippen molar-refractivity contribution in [2.45, 2.75) is 25.6 Å². The smallest absolute Gasteiger partial charge is 0.129 e. The van der Waals surface area contributed by atoms with Gasteiger partial charge in [-0.2, -0.15) is 0 Å². The molecule has 1 heterocycles. The number of nitrogens with one attached hydrogen (secondary N) is 2. The third-order valence-electron chi connectivity index (χ3n) is 5.19. The summed E-state index contributed by atoms with van der Waals surface area (Å²) in [7, 11) is 0. The van der Waals surface area contributed by atoms with Crippen LogP contribution in [0.2, 0.25) is 5.02 Å². The second kappa shape index (κ2) is 8.27. The van der Waals surface area contributed by atoms with Crippen molar-refractivity contribution in [1.82, 2.24) is 10.6 Å². The van der Waals surface area contributed by atoms with Crippen molar-refractivity contribution in [1.29, 1.82) is 0 Å². The van der Waals surface area contributed by atoms with E-state index >= 15 is 0 Å². The van der Waals surface area contributed by atoms with Crippen LogP contribution in [-0.4, -0.2) is 5.11 Å². The lowest BCUT2D eigenvalue weighted by Crippen LogP contribution is -2.40. The molecule has 148 valence electrons. The van der Waals surface area contributed by atoms with Crippen molar-refractivity contribution in [2.75, 3.05) is 0 Å². The Morgan fingerprint density at radius 3 is 2.48 bits per heavy atom. The largest absolute Gasteiger partial charge is 0.508 e. The van der Waals surface area contributed by atoms with Gasteiger partial charge in [0.2, 0.25) is 0 Å². The van der Waals surface area contributed by atoms with Crippen molar-refractivity contribution < 1.29 is 9.50 Å². The number of aryl methyl sites for hydroxylation is 1. The van der Waals surface area contributed by atoms with Crippen molar-refractivity contribution in [3.05, 3.63) is 106 Å². The quantitative estimate of drug-likeness (QED) is 0.517. The van der Waals surface area contributed by atoms with E-state index in [0.29, 0.717) is 16.1 Å². The molecule has 0 fully saturated rings. The lowest BCUT2D eigenvalue weighted by atomic mass is 9.97. The second-order valence-electron chi connectivity index (χ2n) is 7.08. The standard InChI is InChI=1S/C24H22ClFN2O/c1-2-15-7-9-16(10-8-15)21-14-22(19-13-17(25)11-12-23(19)29)28-24(27-21)18-5-3-4-6-20(18)26/h3-14,22,24,27-29H,2H2,1H3. The van der Waals surface area contributed by atoms with Gasteiger partial charge in [0, 0.05) is 21.8 Å². The van der Waals surface area contributed by atoms with Crippen molar-refractivity contribution in [3.8, 4) is 5.75 Å². The first-order valence-electron chi connectivity index (χ1n) is 9.61. The summed E-state index contributed by atoms with van der Waals surface area (Å²) in [6, 6.07) is 19.5. The van der Waals surface area contributed by atoms with Crippen molar-refractivity contribution >= 4 is 17.3 Å². The highest BCUT2D eigenvalue weighted by Gasteiger charge is 2.27. The average Bonchev–Trinajstić information content (AvgIpc) is 2.75. The van der Waals surface area contributed by atoms with Crippen LogP contribution < -0.4 is 10.6 Å². The zero-order chi connectivity index (χ0) is 20.4. The fourth-order valence-corrected chi connectivity index (χ4v) is 3.75. The lowest BCUT2D eigenvalue weighted by molar-refractivity contribution is 0.409. The normalized spacial score (nSPS) is 18.8. The molecule has 3 N–H and O–H groups in total. The molecule has 1 aliphatic rings.